The second kappa shape index (κ2) is 11.3. The van der Waals surface area contributed by atoms with Gasteiger partial charge < -0.3 is 20.2 Å². The van der Waals surface area contributed by atoms with Gasteiger partial charge in [0.05, 0.1) is 6.20 Å². The molecule has 1 fully saturated rings. The molecule has 4 rings (SSSR count). The smallest absolute Gasteiger partial charge is 0.290 e. The topological polar surface area (TPSA) is 98.7 Å². The number of aromatic nitrogens is 2. The Balaban J connectivity index is 0.000000806. The summed E-state index contributed by atoms with van der Waals surface area (Å²) in [6, 6.07) is 9.24. The van der Waals surface area contributed by atoms with E-state index in [1.165, 1.54) is 24.1 Å². The molecule has 0 radical (unpaired) electrons. The minimum atomic E-state index is -0.250. The first-order valence-electron chi connectivity index (χ1n) is 10.4. The number of nitrogens with zero attached hydrogens (tertiary/aromatic N) is 4. The average molecular weight is 412 g/mol. The fourth-order valence-corrected chi connectivity index (χ4v) is 4.11. The summed E-state index contributed by atoms with van der Waals surface area (Å²) in [5.41, 5.74) is 3.31. The van der Waals surface area contributed by atoms with Crippen molar-refractivity contribution >= 4 is 18.1 Å². The first-order valence-corrected chi connectivity index (χ1v) is 10.4. The van der Waals surface area contributed by atoms with Crippen LogP contribution in [0.4, 0.5) is 5.69 Å². The largest absolute Gasteiger partial charge is 0.483 e. The summed E-state index contributed by atoms with van der Waals surface area (Å²) in [7, 11) is 0. The molecule has 0 bridgehead atoms. The molecule has 0 atom stereocenters. The fourth-order valence-electron chi connectivity index (χ4n) is 4.11. The van der Waals surface area contributed by atoms with E-state index in [1.54, 1.807) is 18.6 Å². The zero-order chi connectivity index (χ0) is 21.2. The van der Waals surface area contributed by atoms with Gasteiger partial charge in [-0.2, -0.15) is 0 Å². The Bertz CT molecular complexity index is 809. The summed E-state index contributed by atoms with van der Waals surface area (Å²) in [5, 5.41) is 10.6. The van der Waals surface area contributed by atoms with E-state index in [0.29, 0.717) is 11.7 Å². The molecule has 8 nitrogen and oxygen atoms in total. The molecule has 0 spiro atoms. The Kier molecular flexibility index (Phi) is 8.14. The van der Waals surface area contributed by atoms with Gasteiger partial charge in [-0.25, -0.2) is 4.98 Å². The number of fused-ring (bicyclic) bond motifs is 1. The highest BCUT2D eigenvalue weighted by molar-refractivity contribution is 5.92. The standard InChI is InChI=1S/C21H27N5O.CH2O2/c27-21(19-16-22-9-10-24-19)26-13-7-18(8-14-26)23-11-15-25-12-3-5-17-4-1-2-6-20(17)25;2-1-3/h1-2,4,6,9-10,16,18,23H,3,5,7-8,11-15H2;1H,(H,2,3). The predicted octanol–water partition coefficient (Wildman–Crippen LogP) is 1.82. The molecule has 30 heavy (non-hydrogen) atoms. The summed E-state index contributed by atoms with van der Waals surface area (Å²) >= 11 is 0. The van der Waals surface area contributed by atoms with Crippen LogP contribution in [0.1, 0.15) is 35.3 Å². The number of carbonyl (C=O) groups excluding carboxylic acids is 1. The summed E-state index contributed by atoms with van der Waals surface area (Å²) in [5.74, 6) is -0.00789. The maximum absolute atomic E-state index is 12.4. The van der Waals surface area contributed by atoms with Crippen molar-refractivity contribution in [1.82, 2.24) is 20.2 Å². The van der Waals surface area contributed by atoms with E-state index in [-0.39, 0.29) is 12.4 Å². The molecule has 160 valence electrons. The van der Waals surface area contributed by atoms with Crippen LogP contribution in [-0.4, -0.2) is 71.1 Å². The van der Waals surface area contributed by atoms with Crippen molar-refractivity contribution < 1.29 is 14.7 Å². The van der Waals surface area contributed by atoms with Crippen molar-refractivity contribution in [1.29, 1.82) is 0 Å². The number of anilines is 1. The molecule has 1 amide bonds. The van der Waals surface area contributed by atoms with Crippen LogP contribution in [0.25, 0.3) is 0 Å². The predicted molar refractivity (Wildman–Crippen MR) is 115 cm³/mol. The Morgan fingerprint density at radius 2 is 1.97 bits per heavy atom. The molecular formula is C22H29N5O3. The first-order chi connectivity index (χ1) is 14.7. The Labute approximate surface area is 176 Å². The minimum Gasteiger partial charge on any atom is -0.483 e. The van der Waals surface area contributed by atoms with E-state index in [2.05, 4.69) is 44.5 Å². The van der Waals surface area contributed by atoms with Gasteiger partial charge in [0.2, 0.25) is 0 Å². The van der Waals surface area contributed by atoms with Gasteiger partial charge in [-0.15, -0.1) is 0 Å². The van der Waals surface area contributed by atoms with Gasteiger partial charge in [-0.3, -0.25) is 14.6 Å². The summed E-state index contributed by atoms with van der Waals surface area (Å²) in [6.07, 6.45) is 9.11. The normalized spacial score (nSPS) is 16.3. The lowest BCUT2D eigenvalue weighted by Gasteiger charge is -2.34. The number of aryl methyl sites for hydroxylation is 1. The van der Waals surface area contributed by atoms with Gasteiger partial charge in [-0.1, -0.05) is 18.2 Å². The number of hydrogen-bond acceptors (Lipinski definition) is 6. The molecule has 1 aromatic heterocycles. The molecule has 2 aromatic rings. The third-order valence-electron chi connectivity index (χ3n) is 5.59. The number of carboxylic acid groups (broad SMARTS) is 1. The van der Waals surface area contributed by atoms with Crippen LogP contribution in [0.5, 0.6) is 0 Å². The lowest BCUT2D eigenvalue weighted by atomic mass is 10.0. The maximum Gasteiger partial charge on any atom is 0.290 e. The van der Waals surface area contributed by atoms with E-state index < -0.39 is 0 Å². The molecule has 0 unspecified atom stereocenters. The van der Waals surface area contributed by atoms with Gasteiger partial charge in [0.15, 0.2) is 0 Å². The van der Waals surface area contributed by atoms with Gasteiger partial charge in [0.25, 0.3) is 12.4 Å². The number of benzene rings is 1. The van der Waals surface area contributed by atoms with Crippen LogP contribution in [-0.2, 0) is 11.2 Å². The van der Waals surface area contributed by atoms with Crippen molar-refractivity contribution in [2.75, 3.05) is 37.6 Å². The number of carbonyl (C=O) groups is 2. The molecule has 1 aromatic carbocycles. The number of piperidine rings is 1. The molecule has 3 heterocycles. The van der Waals surface area contributed by atoms with Gasteiger partial charge in [0, 0.05) is 56.8 Å². The zero-order valence-electron chi connectivity index (χ0n) is 17.1. The van der Waals surface area contributed by atoms with Crippen LogP contribution in [0.2, 0.25) is 0 Å². The highest BCUT2D eigenvalue weighted by Gasteiger charge is 2.24. The third kappa shape index (κ3) is 5.76. The van der Waals surface area contributed by atoms with E-state index in [1.807, 2.05) is 4.90 Å². The average Bonchev–Trinajstić information content (AvgIpc) is 2.80. The van der Waals surface area contributed by atoms with Crippen LogP contribution in [0.3, 0.4) is 0 Å². The van der Waals surface area contributed by atoms with Crippen molar-refractivity contribution in [3.8, 4) is 0 Å². The molecule has 8 heteroatoms. The van der Waals surface area contributed by atoms with E-state index in [9.17, 15) is 4.79 Å². The minimum absolute atomic E-state index is 0.00789. The first kappa shape index (κ1) is 21.7. The van der Waals surface area contributed by atoms with Crippen LogP contribution in [0.15, 0.2) is 42.9 Å². The molecule has 2 aliphatic heterocycles. The monoisotopic (exact) mass is 411 g/mol. The fraction of sp³-hybridized carbons (Fsp3) is 0.455. The molecule has 0 saturated carbocycles. The second-order valence-corrected chi connectivity index (χ2v) is 7.44. The Morgan fingerprint density at radius 3 is 2.70 bits per heavy atom. The van der Waals surface area contributed by atoms with Crippen LogP contribution >= 0.6 is 0 Å². The highest BCUT2D eigenvalue weighted by atomic mass is 16.3. The molecule has 1 saturated heterocycles. The Morgan fingerprint density at radius 1 is 1.20 bits per heavy atom. The van der Waals surface area contributed by atoms with Crippen molar-refractivity contribution in [3.63, 3.8) is 0 Å². The zero-order valence-corrected chi connectivity index (χ0v) is 17.1. The van der Waals surface area contributed by atoms with E-state index >= 15 is 0 Å². The quantitative estimate of drug-likeness (QED) is 0.724. The molecule has 2 N–H and O–H groups in total. The number of hydrogen-bond donors (Lipinski definition) is 2. The highest BCUT2D eigenvalue weighted by Crippen LogP contribution is 2.26. The second-order valence-electron chi connectivity index (χ2n) is 7.44. The van der Waals surface area contributed by atoms with Crippen molar-refractivity contribution in [3.05, 3.63) is 54.1 Å². The molecule has 0 aliphatic carbocycles. The van der Waals surface area contributed by atoms with Crippen molar-refractivity contribution in [2.24, 2.45) is 0 Å². The number of rotatable bonds is 5. The van der Waals surface area contributed by atoms with Crippen molar-refractivity contribution in [2.45, 2.75) is 31.7 Å². The van der Waals surface area contributed by atoms with Gasteiger partial charge in [-0.05, 0) is 37.3 Å². The molecule has 2 aliphatic rings. The molecular weight excluding hydrogens is 382 g/mol. The Hall–Kier alpha value is -3.00. The number of amides is 1. The van der Waals surface area contributed by atoms with Gasteiger partial charge in [0.1, 0.15) is 5.69 Å². The summed E-state index contributed by atoms with van der Waals surface area (Å²) < 4.78 is 0. The van der Waals surface area contributed by atoms with Crippen LogP contribution < -0.4 is 10.2 Å². The number of nitrogens with one attached hydrogen (secondary N) is 1. The SMILES string of the molecule is O=C(c1cnccn1)N1CCC(NCCN2CCCc3ccccc32)CC1.O=CO. The maximum atomic E-state index is 12.4. The lowest BCUT2D eigenvalue weighted by molar-refractivity contribution is -0.122. The number of likely N-dealkylation sites (tertiary alicyclic amines) is 1. The van der Waals surface area contributed by atoms with Gasteiger partial charge >= 0.3 is 0 Å². The summed E-state index contributed by atoms with van der Waals surface area (Å²) in [4.78, 5) is 33.3. The van der Waals surface area contributed by atoms with Crippen LogP contribution in [0, 0.1) is 0 Å². The van der Waals surface area contributed by atoms with E-state index in [4.69, 9.17) is 9.90 Å². The number of para-hydroxylation sites is 1. The summed E-state index contributed by atoms with van der Waals surface area (Å²) in [6.45, 7) is 4.47. The third-order valence-corrected chi connectivity index (χ3v) is 5.59. The van der Waals surface area contributed by atoms with E-state index in [0.717, 1.165) is 45.6 Å². The lowest BCUT2D eigenvalue weighted by Crippen LogP contribution is -2.47.